The van der Waals surface area contributed by atoms with Gasteiger partial charge in [-0.05, 0) is 19.9 Å². The van der Waals surface area contributed by atoms with Crippen molar-refractivity contribution < 1.29 is 14.3 Å². The topological polar surface area (TPSA) is 69.0 Å². The molecule has 0 spiro atoms. The molecule has 7 nitrogen and oxygen atoms in total. The number of nitrogens with zero attached hydrogens (tertiary/aromatic N) is 4. The van der Waals surface area contributed by atoms with Crippen LogP contribution in [0.2, 0.25) is 0 Å². The molecule has 7 heteroatoms. The minimum atomic E-state index is -0.396. The van der Waals surface area contributed by atoms with Crippen LogP contribution in [0.5, 0.6) is 0 Å². The maximum Gasteiger partial charge on any atom is 0.343 e. The molecule has 0 unspecified atom stereocenters. The summed E-state index contributed by atoms with van der Waals surface area (Å²) in [4.78, 5) is 18.6. The lowest BCUT2D eigenvalue weighted by Gasteiger charge is -2.31. The molecule has 1 atom stereocenters. The van der Waals surface area contributed by atoms with Crippen molar-refractivity contribution in [3.8, 4) is 0 Å². The summed E-state index contributed by atoms with van der Waals surface area (Å²) >= 11 is 0. The Hall–Kier alpha value is -2.15. The van der Waals surface area contributed by atoms with Gasteiger partial charge in [-0.1, -0.05) is 0 Å². The zero-order valence-corrected chi connectivity index (χ0v) is 12.2. The van der Waals surface area contributed by atoms with Crippen LogP contribution in [0.4, 0.5) is 5.82 Å². The van der Waals surface area contributed by atoms with Gasteiger partial charge in [-0.3, -0.25) is 0 Å². The summed E-state index contributed by atoms with van der Waals surface area (Å²) in [5.74, 6) is 0.427. The van der Waals surface area contributed by atoms with Gasteiger partial charge >= 0.3 is 5.97 Å². The van der Waals surface area contributed by atoms with Crippen molar-refractivity contribution in [2.24, 2.45) is 0 Å². The number of carbonyl (C=O) groups excluding carboxylic acids is 1. The Morgan fingerprint density at radius 1 is 1.57 bits per heavy atom. The minimum absolute atomic E-state index is 0.172. The second-order valence-electron chi connectivity index (χ2n) is 4.96. The molecule has 2 aromatic heterocycles. The van der Waals surface area contributed by atoms with Gasteiger partial charge in [-0.2, -0.15) is 5.10 Å². The van der Waals surface area contributed by atoms with Crippen LogP contribution in [0.1, 0.15) is 24.2 Å². The molecule has 3 heterocycles. The summed E-state index contributed by atoms with van der Waals surface area (Å²) in [7, 11) is 0. The van der Waals surface area contributed by atoms with Crippen molar-refractivity contribution >= 4 is 17.4 Å². The van der Waals surface area contributed by atoms with E-state index in [1.807, 2.05) is 13.0 Å². The first-order valence-electron chi connectivity index (χ1n) is 7.07. The third-order valence-corrected chi connectivity index (χ3v) is 3.41. The fourth-order valence-electron chi connectivity index (χ4n) is 2.41. The standard InChI is InChI=1S/C14H18N4O3/c1-3-20-14(19)11-8-15-18-5-4-12(16-13(11)18)17-6-7-21-10(2)9-17/h4-5,8,10H,3,6-7,9H2,1-2H3/t10-/m1/s1. The fourth-order valence-corrected chi connectivity index (χ4v) is 2.41. The Balaban J connectivity index is 1.94. The molecule has 0 aromatic carbocycles. The van der Waals surface area contributed by atoms with Crippen LogP contribution in [-0.2, 0) is 9.47 Å². The predicted molar refractivity (Wildman–Crippen MR) is 76.6 cm³/mol. The summed E-state index contributed by atoms with van der Waals surface area (Å²) in [6, 6.07) is 1.90. The monoisotopic (exact) mass is 290 g/mol. The molecule has 0 aliphatic carbocycles. The molecule has 21 heavy (non-hydrogen) atoms. The number of anilines is 1. The van der Waals surface area contributed by atoms with Crippen LogP contribution >= 0.6 is 0 Å². The third kappa shape index (κ3) is 2.69. The molecule has 0 amide bonds. The van der Waals surface area contributed by atoms with Crippen molar-refractivity contribution in [3.05, 3.63) is 24.0 Å². The van der Waals surface area contributed by atoms with Gasteiger partial charge in [0.25, 0.3) is 0 Å². The van der Waals surface area contributed by atoms with E-state index < -0.39 is 5.97 Å². The zero-order chi connectivity index (χ0) is 14.8. The Bertz CT molecular complexity index is 655. The summed E-state index contributed by atoms with van der Waals surface area (Å²) in [5, 5.41) is 4.13. The average molecular weight is 290 g/mol. The summed E-state index contributed by atoms with van der Waals surface area (Å²) < 4.78 is 12.1. The maximum atomic E-state index is 11.9. The molecule has 0 radical (unpaired) electrons. The van der Waals surface area contributed by atoms with Crippen molar-refractivity contribution in [2.75, 3.05) is 31.2 Å². The smallest absolute Gasteiger partial charge is 0.343 e. The fraction of sp³-hybridized carbons (Fsp3) is 0.500. The van der Waals surface area contributed by atoms with E-state index in [0.29, 0.717) is 24.4 Å². The van der Waals surface area contributed by atoms with E-state index in [0.717, 1.165) is 18.9 Å². The van der Waals surface area contributed by atoms with Crippen molar-refractivity contribution in [3.63, 3.8) is 0 Å². The van der Waals surface area contributed by atoms with Gasteiger partial charge in [-0.15, -0.1) is 0 Å². The number of fused-ring (bicyclic) bond motifs is 1. The summed E-state index contributed by atoms with van der Waals surface area (Å²) in [6.07, 6.45) is 3.47. The van der Waals surface area contributed by atoms with Gasteiger partial charge in [-0.25, -0.2) is 14.3 Å². The highest BCUT2D eigenvalue weighted by molar-refractivity contribution is 5.95. The lowest BCUT2D eigenvalue weighted by Crippen LogP contribution is -2.41. The van der Waals surface area contributed by atoms with Crippen molar-refractivity contribution in [2.45, 2.75) is 20.0 Å². The normalized spacial score (nSPS) is 19.0. The number of morpholine rings is 1. The number of rotatable bonds is 3. The molecular formula is C14H18N4O3. The number of carbonyl (C=O) groups is 1. The first-order chi connectivity index (χ1) is 10.2. The second-order valence-corrected chi connectivity index (χ2v) is 4.96. The number of esters is 1. The Morgan fingerprint density at radius 2 is 2.43 bits per heavy atom. The average Bonchev–Trinajstić information content (AvgIpc) is 2.90. The number of hydrogen-bond acceptors (Lipinski definition) is 6. The Morgan fingerprint density at radius 3 is 3.19 bits per heavy atom. The molecule has 1 fully saturated rings. The van der Waals surface area contributed by atoms with E-state index in [9.17, 15) is 4.79 Å². The SMILES string of the molecule is CCOC(=O)c1cnn2ccc(N3CCO[C@H](C)C3)nc12. The highest BCUT2D eigenvalue weighted by Crippen LogP contribution is 2.18. The van der Waals surface area contributed by atoms with Gasteiger partial charge in [0.1, 0.15) is 11.4 Å². The largest absolute Gasteiger partial charge is 0.462 e. The van der Waals surface area contributed by atoms with Crippen LogP contribution in [0.15, 0.2) is 18.5 Å². The van der Waals surface area contributed by atoms with E-state index >= 15 is 0 Å². The first kappa shape index (κ1) is 13.8. The number of aromatic nitrogens is 3. The quantitative estimate of drug-likeness (QED) is 0.789. The van der Waals surface area contributed by atoms with Crippen LogP contribution < -0.4 is 4.90 Å². The van der Waals surface area contributed by atoms with Gasteiger partial charge in [0.2, 0.25) is 0 Å². The number of ether oxygens (including phenoxy) is 2. The lowest BCUT2D eigenvalue weighted by molar-refractivity contribution is 0.0522. The first-order valence-corrected chi connectivity index (χ1v) is 7.07. The van der Waals surface area contributed by atoms with Gasteiger partial charge in [0.15, 0.2) is 5.65 Å². The van der Waals surface area contributed by atoms with Gasteiger partial charge < -0.3 is 14.4 Å². The maximum absolute atomic E-state index is 11.9. The van der Waals surface area contributed by atoms with E-state index in [1.54, 1.807) is 17.6 Å². The van der Waals surface area contributed by atoms with E-state index in [4.69, 9.17) is 9.47 Å². The molecule has 1 aliphatic rings. The molecule has 1 aliphatic heterocycles. The molecule has 3 rings (SSSR count). The molecule has 0 bridgehead atoms. The van der Waals surface area contributed by atoms with Crippen LogP contribution in [0, 0.1) is 0 Å². The zero-order valence-electron chi connectivity index (χ0n) is 12.2. The molecule has 0 saturated carbocycles. The molecule has 0 N–H and O–H groups in total. The highest BCUT2D eigenvalue weighted by Gasteiger charge is 2.20. The van der Waals surface area contributed by atoms with Crippen LogP contribution in [0.3, 0.4) is 0 Å². The lowest BCUT2D eigenvalue weighted by atomic mass is 10.3. The Kier molecular flexibility index (Phi) is 3.74. The van der Waals surface area contributed by atoms with Crippen molar-refractivity contribution in [1.29, 1.82) is 0 Å². The third-order valence-electron chi connectivity index (χ3n) is 3.41. The predicted octanol–water partition coefficient (Wildman–Crippen LogP) is 1.13. The van der Waals surface area contributed by atoms with Gasteiger partial charge in [0, 0.05) is 19.3 Å². The van der Waals surface area contributed by atoms with Gasteiger partial charge in [0.05, 0.1) is 25.5 Å². The summed E-state index contributed by atoms with van der Waals surface area (Å²) in [5.41, 5.74) is 0.908. The van der Waals surface area contributed by atoms with Crippen LogP contribution in [-0.4, -0.2) is 53.0 Å². The Labute approximate surface area is 122 Å². The van der Waals surface area contributed by atoms with E-state index in [2.05, 4.69) is 15.0 Å². The van der Waals surface area contributed by atoms with Crippen molar-refractivity contribution in [1.82, 2.24) is 14.6 Å². The molecule has 112 valence electrons. The molecular weight excluding hydrogens is 272 g/mol. The number of hydrogen-bond donors (Lipinski definition) is 0. The minimum Gasteiger partial charge on any atom is -0.462 e. The highest BCUT2D eigenvalue weighted by atomic mass is 16.5. The van der Waals surface area contributed by atoms with Crippen LogP contribution in [0.25, 0.3) is 5.65 Å². The second kappa shape index (κ2) is 5.69. The van der Waals surface area contributed by atoms with E-state index in [1.165, 1.54) is 6.20 Å². The molecule has 1 saturated heterocycles. The van der Waals surface area contributed by atoms with E-state index in [-0.39, 0.29) is 6.10 Å². The molecule has 2 aromatic rings. The summed E-state index contributed by atoms with van der Waals surface area (Å²) in [6.45, 7) is 6.39.